The first kappa shape index (κ1) is 10.3. The minimum absolute atomic E-state index is 0.0363. The summed E-state index contributed by atoms with van der Waals surface area (Å²) < 4.78 is 0. The Bertz CT molecular complexity index is 349. The molecule has 1 N–H and O–H groups in total. The molecular weight excluding hydrogens is 198 g/mol. The number of aliphatic hydroxyl groups excluding tert-OH is 1. The fraction of sp³-hybridized carbons (Fsp3) is 0.571. The molecule has 1 aliphatic heterocycles. The molecule has 2 bridgehead atoms. The number of hydrogen-bond acceptors (Lipinski definition) is 2. The monoisotopic (exact) mass is 217 g/mol. The van der Waals surface area contributed by atoms with Crippen molar-refractivity contribution < 1.29 is 5.11 Å². The van der Waals surface area contributed by atoms with E-state index in [2.05, 4.69) is 35.2 Å². The molecule has 2 fully saturated rings. The van der Waals surface area contributed by atoms with Crippen LogP contribution in [0.1, 0.15) is 18.4 Å². The number of piperidine rings is 1. The zero-order valence-electron chi connectivity index (χ0n) is 9.55. The fourth-order valence-electron chi connectivity index (χ4n) is 3.30. The van der Waals surface area contributed by atoms with Crippen molar-refractivity contribution in [2.75, 3.05) is 13.1 Å². The van der Waals surface area contributed by atoms with Crippen molar-refractivity contribution in [2.45, 2.75) is 25.5 Å². The third-order valence-electron chi connectivity index (χ3n) is 4.01. The Morgan fingerprint density at radius 1 is 1.12 bits per heavy atom. The third-order valence-corrected chi connectivity index (χ3v) is 4.01. The van der Waals surface area contributed by atoms with E-state index in [4.69, 9.17) is 0 Å². The summed E-state index contributed by atoms with van der Waals surface area (Å²) in [6.45, 7) is 3.29. The number of rotatable bonds is 2. The van der Waals surface area contributed by atoms with Gasteiger partial charge in [0, 0.05) is 19.6 Å². The Labute approximate surface area is 96.9 Å². The minimum atomic E-state index is -0.0363. The Kier molecular flexibility index (Phi) is 2.70. The summed E-state index contributed by atoms with van der Waals surface area (Å²) in [6.07, 6.45) is 2.23. The molecule has 2 heteroatoms. The summed E-state index contributed by atoms with van der Waals surface area (Å²) in [6, 6.07) is 10.6. The molecule has 86 valence electrons. The van der Waals surface area contributed by atoms with Crippen molar-refractivity contribution in [1.82, 2.24) is 4.90 Å². The molecule has 1 saturated carbocycles. The lowest BCUT2D eigenvalue weighted by Gasteiger charge is -2.31. The van der Waals surface area contributed by atoms with E-state index < -0.39 is 0 Å². The van der Waals surface area contributed by atoms with Crippen molar-refractivity contribution in [3.63, 3.8) is 0 Å². The fourth-order valence-corrected chi connectivity index (χ4v) is 3.30. The largest absolute Gasteiger partial charge is 0.393 e. The second kappa shape index (κ2) is 4.19. The molecule has 1 aliphatic carbocycles. The smallest absolute Gasteiger partial charge is 0.0583 e. The van der Waals surface area contributed by atoms with Crippen LogP contribution in [0.15, 0.2) is 30.3 Å². The van der Waals surface area contributed by atoms with Gasteiger partial charge in [-0.1, -0.05) is 30.3 Å². The zero-order chi connectivity index (χ0) is 11.0. The first-order chi connectivity index (χ1) is 7.81. The van der Waals surface area contributed by atoms with Gasteiger partial charge in [-0.2, -0.15) is 0 Å². The number of nitrogens with zero attached hydrogens (tertiary/aromatic N) is 1. The number of benzene rings is 1. The predicted molar refractivity (Wildman–Crippen MR) is 63.9 cm³/mol. The van der Waals surface area contributed by atoms with E-state index in [1.165, 1.54) is 18.5 Å². The summed E-state index contributed by atoms with van der Waals surface area (Å²) in [7, 11) is 0. The van der Waals surface area contributed by atoms with Gasteiger partial charge in [0.2, 0.25) is 0 Å². The van der Waals surface area contributed by atoms with Crippen molar-refractivity contribution in [1.29, 1.82) is 0 Å². The van der Waals surface area contributed by atoms with E-state index in [0.29, 0.717) is 5.92 Å². The normalized spacial score (nSPS) is 34.2. The Morgan fingerprint density at radius 2 is 1.94 bits per heavy atom. The van der Waals surface area contributed by atoms with Gasteiger partial charge in [-0.25, -0.2) is 0 Å². The van der Waals surface area contributed by atoms with Gasteiger partial charge in [0.15, 0.2) is 0 Å². The molecule has 1 heterocycles. The molecule has 1 aromatic carbocycles. The predicted octanol–water partition coefficient (Wildman–Crippen LogP) is 1.89. The van der Waals surface area contributed by atoms with Crippen LogP contribution in [0, 0.1) is 11.8 Å². The second-order valence-corrected chi connectivity index (χ2v) is 5.34. The molecule has 1 aromatic rings. The summed E-state index contributed by atoms with van der Waals surface area (Å²) in [4.78, 5) is 2.50. The molecule has 2 aliphatic rings. The molecule has 0 amide bonds. The molecule has 0 spiro atoms. The van der Waals surface area contributed by atoms with Crippen LogP contribution in [0.5, 0.6) is 0 Å². The lowest BCUT2D eigenvalue weighted by molar-refractivity contribution is 0.0994. The Hall–Kier alpha value is -0.860. The van der Waals surface area contributed by atoms with Gasteiger partial charge < -0.3 is 5.11 Å². The highest BCUT2D eigenvalue weighted by Crippen LogP contribution is 2.37. The van der Waals surface area contributed by atoms with Gasteiger partial charge in [-0.3, -0.25) is 4.90 Å². The zero-order valence-corrected chi connectivity index (χ0v) is 9.55. The highest BCUT2D eigenvalue weighted by atomic mass is 16.3. The molecule has 16 heavy (non-hydrogen) atoms. The summed E-state index contributed by atoms with van der Waals surface area (Å²) in [5.41, 5.74) is 1.39. The van der Waals surface area contributed by atoms with Crippen LogP contribution >= 0.6 is 0 Å². The SMILES string of the molecule is OC1CC2CC1CN(Cc1ccccc1)C2. The quantitative estimate of drug-likeness (QED) is 0.817. The molecule has 3 atom stereocenters. The molecule has 2 nitrogen and oxygen atoms in total. The third kappa shape index (κ3) is 2.00. The van der Waals surface area contributed by atoms with Gasteiger partial charge >= 0.3 is 0 Å². The maximum atomic E-state index is 9.86. The van der Waals surface area contributed by atoms with Gasteiger partial charge in [-0.05, 0) is 30.2 Å². The number of hydrogen-bond donors (Lipinski definition) is 1. The lowest BCUT2D eigenvalue weighted by atomic mass is 9.98. The number of aliphatic hydroxyl groups is 1. The van der Waals surface area contributed by atoms with Gasteiger partial charge in [0.25, 0.3) is 0 Å². The van der Waals surface area contributed by atoms with Crippen molar-refractivity contribution in [3.05, 3.63) is 35.9 Å². The highest BCUT2D eigenvalue weighted by Gasteiger charge is 2.38. The minimum Gasteiger partial charge on any atom is -0.393 e. The van der Waals surface area contributed by atoms with Crippen LogP contribution in [0.4, 0.5) is 0 Å². The molecule has 3 rings (SSSR count). The van der Waals surface area contributed by atoms with Gasteiger partial charge in [0.1, 0.15) is 0 Å². The summed E-state index contributed by atoms with van der Waals surface area (Å²) in [5, 5.41) is 9.86. The topological polar surface area (TPSA) is 23.5 Å². The average Bonchev–Trinajstić information content (AvgIpc) is 2.54. The van der Waals surface area contributed by atoms with Crippen LogP contribution in [0.25, 0.3) is 0 Å². The van der Waals surface area contributed by atoms with Crippen LogP contribution in [-0.2, 0) is 6.54 Å². The molecule has 0 aromatic heterocycles. The van der Waals surface area contributed by atoms with E-state index in [-0.39, 0.29) is 6.10 Å². The van der Waals surface area contributed by atoms with Crippen molar-refractivity contribution >= 4 is 0 Å². The highest BCUT2D eigenvalue weighted by molar-refractivity contribution is 5.14. The van der Waals surface area contributed by atoms with Crippen LogP contribution in [-0.4, -0.2) is 29.2 Å². The van der Waals surface area contributed by atoms with E-state index in [0.717, 1.165) is 25.4 Å². The lowest BCUT2D eigenvalue weighted by Crippen LogP contribution is -2.37. The van der Waals surface area contributed by atoms with Crippen LogP contribution in [0.3, 0.4) is 0 Å². The number of fused-ring (bicyclic) bond motifs is 2. The first-order valence-corrected chi connectivity index (χ1v) is 6.25. The molecular formula is C14H19NO. The van der Waals surface area contributed by atoms with Gasteiger partial charge in [-0.15, -0.1) is 0 Å². The molecule has 0 radical (unpaired) electrons. The summed E-state index contributed by atoms with van der Waals surface area (Å²) in [5.74, 6) is 1.26. The van der Waals surface area contributed by atoms with Crippen molar-refractivity contribution in [2.24, 2.45) is 11.8 Å². The Morgan fingerprint density at radius 3 is 2.69 bits per heavy atom. The standard InChI is InChI=1S/C14H19NO/c16-14-7-12-6-13(14)10-15(9-12)8-11-4-2-1-3-5-11/h1-5,12-14,16H,6-10H2. The maximum absolute atomic E-state index is 9.86. The first-order valence-electron chi connectivity index (χ1n) is 6.25. The summed E-state index contributed by atoms with van der Waals surface area (Å²) >= 11 is 0. The van der Waals surface area contributed by atoms with Gasteiger partial charge in [0.05, 0.1) is 6.10 Å². The van der Waals surface area contributed by atoms with E-state index in [1.54, 1.807) is 0 Å². The van der Waals surface area contributed by atoms with E-state index in [9.17, 15) is 5.11 Å². The van der Waals surface area contributed by atoms with E-state index >= 15 is 0 Å². The van der Waals surface area contributed by atoms with Crippen LogP contribution in [0.2, 0.25) is 0 Å². The Balaban J connectivity index is 1.65. The van der Waals surface area contributed by atoms with Crippen LogP contribution < -0.4 is 0 Å². The number of likely N-dealkylation sites (tertiary alicyclic amines) is 1. The average molecular weight is 217 g/mol. The molecule has 3 unspecified atom stereocenters. The molecule has 1 saturated heterocycles. The maximum Gasteiger partial charge on any atom is 0.0583 e. The van der Waals surface area contributed by atoms with E-state index in [1.807, 2.05) is 0 Å². The van der Waals surface area contributed by atoms with Crippen molar-refractivity contribution in [3.8, 4) is 0 Å². The second-order valence-electron chi connectivity index (χ2n) is 5.34.